The van der Waals surface area contributed by atoms with Gasteiger partial charge in [-0.05, 0) is 47.7 Å². The van der Waals surface area contributed by atoms with Crippen LogP contribution < -0.4 is 10.6 Å². The Morgan fingerprint density at radius 1 is 1.17 bits per heavy atom. The van der Waals surface area contributed by atoms with Crippen molar-refractivity contribution in [3.8, 4) is 0 Å². The van der Waals surface area contributed by atoms with Gasteiger partial charge in [0, 0.05) is 6.54 Å². The number of carbonyl (C=O) groups is 1. The van der Waals surface area contributed by atoms with Gasteiger partial charge in [-0.15, -0.1) is 0 Å². The Morgan fingerprint density at radius 3 is 2.65 bits per heavy atom. The summed E-state index contributed by atoms with van der Waals surface area (Å²) in [6.45, 7) is 3.55. The van der Waals surface area contributed by atoms with Crippen LogP contribution in [0.5, 0.6) is 0 Å². The quantitative estimate of drug-likeness (QED) is 0.910. The molecule has 0 saturated heterocycles. The van der Waals surface area contributed by atoms with E-state index < -0.39 is 0 Å². The third-order valence-corrected chi connectivity index (χ3v) is 4.28. The minimum atomic E-state index is -0.293. The molecular formula is C19H21FN2O. The number of halogens is 1. The molecule has 0 bridgehead atoms. The van der Waals surface area contributed by atoms with E-state index in [2.05, 4.69) is 17.6 Å². The van der Waals surface area contributed by atoms with E-state index in [0.29, 0.717) is 18.5 Å². The molecule has 0 unspecified atom stereocenters. The van der Waals surface area contributed by atoms with Crippen LogP contribution in [0.25, 0.3) is 0 Å². The number of hydrogen-bond acceptors (Lipinski definition) is 2. The van der Waals surface area contributed by atoms with Crippen LogP contribution in [0.1, 0.15) is 29.2 Å². The predicted octanol–water partition coefficient (Wildman–Crippen LogP) is 3.22. The Hall–Kier alpha value is -2.20. The van der Waals surface area contributed by atoms with Gasteiger partial charge in [-0.2, -0.15) is 0 Å². The van der Waals surface area contributed by atoms with Crippen molar-refractivity contribution in [3.05, 3.63) is 64.5 Å². The molecule has 1 aliphatic rings. The molecule has 3 nitrogen and oxygen atoms in total. The molecule has 0 radical (unpaired) electrons. The van der Waals surface area contributed by atoms with Crippen LogP contribution in [0.2, 0.25) is 0 Å². The molecule has 2 N–H and O–H groups in total. The standard InChI is InChI=1S/C19H21FN2O/c1-2-13-3-5-14(6-4-13)11-18(23)22-17-8-7-15-12-21-10-9-16(15)19(17)20/h3-8,21H,2,9-12H2,1H3,(H,22,23). The Bertz CT molecular complexity index is 710. The molecule has 0 spiro atoms. The van der Waals surface area contributed by atoms with Gasteiger partial charge >= 0.3 is 0 Å². The Balaban J connectivity index is 1.70. The molecule has 0 saturated carbocycles. The summed E-state index contributed by atoms with van der Waals surface area (Å²) in [6.07, 6.45) is 1.88. The Labute approximate surface area is 135 Å². The SMILES string of the molecule is CCc1ccc(CC(=O)Nc2ccc3c(c2F)CCNC3)cc1. The van der Waals surface area contributed by atoms with Crippen LogP contribution in [0.15, 0.2) is 36.4 Å². The number of amides is 1. The van der Waals surface area contributed by atoms with Gasteiger partial charge < -0.3 is 10.6 Å². The van der Waals surface area contributed by atoms with Crippen LogP contribution in [-0.4, -0.2) is 12.5 Å². The average Bonchev–Trinajstić information content (AvgIpc) is 2.58. The summed E-state index contributed by atoms with van der Waals surface area (Å²) in [7, 11) is 0. The third-order valence-electron chi connectivity index (χ3n) is 4.28. The lowest BCUT2D eigenvalue weighted by atomic mass is 9.99. The van der Waals surface area contributed by atoms with Crippen molar-refractivity contribution in [2.45, 2.75) is 32.7 Å². The normalized spacial score (nSPS) is 13.5. The molecule has 2 aromatic rings. The molecule has 0 fully saturated rings. The number of rotatable bonds is 4. The zero-order valence-electron chi connectivity index (χ0n) is 13.3. The van der Waals surface area contributed by atoms with E-state index in [1.165, 1.54) is 5.56 Å². The molecule has 1 amide bonds. The molecular weight excluding hydrogens is 291 g/mol. The van der Waals surface area contributed by atoms with Gasteiger partial charge in [0.2, 0.25) is 5.91 Å². The minimum Gasteiger partial charge on any atom is -0.323 e. The van der Waals surface area contributed by atoms with Crippen molar-refractivity contribution in [2.75, 3.05) is 11.9 Å². The zero-order chi connectivity index (χ0) is 16.2. The second-order valence-corrected chi connectivity index (χ2v) is 5.89. The van der Waals surface area contributed by atoms with Gasteiger partial charge in [0.05, 0.1) is 12.1 Å². The van der Waals surface area contributed by atoms with Crippen molar-refractivity contribution >= 4 is 11.6 Å². The second-order valence-electron chi connectivity index (χ2n) is 5.89. The van der Waals surface area contributed by atoms with Gasteiger partial charge in [0.1, 0.15) is 5.82 Å². The smallest absolute Gasteiger partial charge is 0.228 e. The number of anilines is 1. The van der Waals surface area contributed by atoms with Gasteiger partial charge in [-0.1, -0.05) is 37.3 Å². The van der Waals surface area contributed by atoms with Gasteiger partial charge in [0.15, 0.2) is 0 Å². The Kier molecular flexibility index (Phi) is 4.72. The zero-order valence-corrected chi connectivity index (χ0v) is 13.3. The second kappa shape index (κ2) is 6.92. The van der Waals surface area contributed by atoms with Crippen molar-refractivity contribution in [1.29, 1.82) is 0 Å². The molecule has 2 aromatic carbocycles. The first kappa shape index (κ1) is 15.7. The van der Waals surface area contributed by atoms with Gasteiger partial charge in [-0.3, -0.25) is 4.79 Å². The number of benzene rings is 2. The molecule has 0 aromatic heterocycles. The fourth-order valence-corrected chi connectivity index (χ4v) is 2.90. The highest BCUT2D eigenvalue weighted by Gasteiger charge is 2.17. The lowest BCUT2D eigenvalue weighted by Gasteiger charge is -2.19. The van der Waals surface area contributed by atoms with E-state index in [1.54, 1.807) is 6.07 Å². The van der Waals surface area contributed by atoms with E-state index >= 15 is 0 Å². The summed E-state index contributed by atoms with van der Waals surface area (Å²) in [4.78, 5) is 12.2. The average molecular weight is 312 g/mol. The highest BCUT2D eigenvalue weighted by atomic mass is 19.1. The molecule has 4 heteroatoms. The maximum absolute atomic E-state index is 14.5. The molecule has 3 rings (SSSR count). The maximum Gasteiger partial charge on any atom is 0.228 e. The van der Waals surface area contributed by atoms with Crippen molar-refractivity contribution in [1.82, 2.24) is 5.32 Å². The van der Waals surface area contributed by atoms with E-state index in [0.717, 1.165) is 24.1 Å². The van der Waals surface area contributed by atoms with E-state index in [-0.39, 0.29) is 23.8 Å². The predicted molar refractivity (Wildman–Crippen MR) is 90.0 cm³/mol. The third kappa shape index (κ3) is 3.59. The first-order valence-electron chi connectivity index (χ1n) is 8.06. The Morgan fingerprint density at radius 2 is 1.91 bits per heavy atom. The maximum atomic E-state index is 14.5. The highest BCUT2D eigenvalue weighted by Crippen LogP contribution is 2.24. The fraction of sp³-hybridized carbons (Fsp3) is 0.316. The summed E-state index contributed by atoms with van der Waals surface area (Å²) >= 11 is 0. The first-order chi connectivity index (χ1) is 11.2. The van der Waals surface area contributed by atoms with Crippen LogP contribution in [-0.2, 0) is 30.6 Å². The van der Waals surface area contributed by atoms with Crippen LogP contribution in [0.3, 0.4) is 0 Å². The number of aryl methyl sites for hydroxylation is 1. The van der Waals surface area contributed by atoms with Crippen LogP contribution in [0.4, 0.5) is 10.1 Å². The van der Waals surface area contributed by atoms with E-state index in [1.807, 2.05) is 30.3 Å². The molecule has 1 heterocycles. The van der Waals surface area contributed by atoms with Gasteiger partial charge in [-0.25, -0.2) is 4.39 Å². The first-order valence-corrected chi connectivity index (χ1v) is 8.06. The van der Waals surface area contributed by atoms with E-state index in [4.69, 9.17) is 0 Å². The lowest BCUT2D eigenvalue weighted by molar-refractivity contribution is -0.115. The molecule has 23 heavy (non-hydrogen) atoms. The largest absolute Gasteiger partial charge is 0.323 e. The molecule has 0 atom stereocenters. The van der Waals surface area contributed by atoms with E-state index in [9.17, 15) is 9.18 Å². The monoisotopic (exact) mass is 312 g/mol. The number of fused-ring (bicyclic) bond motifs is 1. The summed E-state index contributed by atoms with van der Waals surface area (Å²) in [5, 5.41) is 5.92. The van der Waals surface area contributed by atoms with Crippen LogP contribution >= 0.6 is 0 Å². The van der Waals surface area contributed by atoms with Crippen molar-refractivity contribution < 1.29 is 9.18 Å². The molecule has 1 aliphatic heterocycles. The van der Waals surface area contributed by atoms with Gasteiger partial charge in [0.25, 0.3) is 0 Å². The summed E-state index contributed by atoms with van der Waals surface area (Å²) in [5.74, 6) is -0.485. The van der Waals surface area contributed by atoms with Crippen LogP contribution in [0, 0.1) is 5.82 Å². The summed E-state index contributed by atoms with van der Waals surface area (Å²) < 4.78 is 14.5. The summed E-state index contributed by atoms with van der Waals surface area (Å²) in [5.41, 5.74) is 4.14. The summed E-state index contributed by atoms with van der Waals surface area (Å²) in [6, 6.07) is 11.5. The number of hydrogen-bond donors (Lipinski definition) is 2. The minimum absolute atomic E-state index is 0.193. The highest BCUT2D eigenvalue weighted by molar-refractivity contribution is 5.92. The van der Waals surface area contributed by atoms with Crippen molar-refractivity contribution in [2.24, 2.45) is 0 Å². The fourth-order valence-electron chi connectivity index (χ4n) is 2.90. The molecule has 0 aliphatic carbocycles. The molecule has 120 valence electrons. The van der Waals surface area contributed by atoms with Crippen molar-refractivity contribution in [3.63, 3.8) is 0 Å². The number of carbonyl (C=O) groups excluding carboxylic acids is 1. The lowest BCUT2D eigenvalue weighted by Crippen LogP contribution is -2.25. The number of nitrogens with one attached hydrogen (secondary N) is 2. The topological polar surface area (TPSA) is 41.1 Å².